The van der Waals surface area contributed by atoms with Crippen molar-refractivity contribution < 1.29 is 14.5 Å². The van der Waals surface area contributed by atoms with Gasteiger partial charge in [-0.1, -0.05) is 50.6 Å². The molecule has 1 aromatic heterocycles. The molecule has 3 aromatic rings. The standard InChI is InChI=1S/C22H23N3O4S/c1-14-8-9-19(17(10-14)22(2,3)4)29-12-20(26)24-21-23-18(13-30-21)15-6-5-7-16(11-15)25(27)28/h5-11,13H,12H2,1-4H3,(H,23,24,26). The fourth-order valence-electron chi connectivity index (χ4n) is 2.90. The number of aromatic nitrogens is 1. The first kappa shape index (κ1) is 21.4. The quantitative estimate of drug-likeness (QED) is 0.425. The molecule has 0 radical (unpaired) electrons. The number of nitro groups is 1. The number of carbonyl (C=O) groups excluding carboxylic acids is 1. The van der Waals surface area contributed by atoms with Crippen molar-refractivity contribution in [1.82, 2.24) is 4.98 Å². The number of hydrogen-bond donors (Lipinski definition) is 1. The first-order valence-corrected chi connectivity index (χ1v) is 10.3. The highest BCUT2D eigenvalue weighted by molar-refractivity contribution is 7.14. The highest BCUT2D eigenvalue weighted by atomic mass is 32.1. The Labute approximate surface area is 178 Å². The van der Waals surface area contributed by atoms with Gasteiger partial charge >= 0.3 is 0 Å². The maximum Gasteiger partial charge on any atom is 0.270 e. The molecule has 0 bridgehead atoms. The SMILES string of the molecule is Cc1ccc(OCC(=O)Nc2nc(-c3cccc([N+](=O)[O-])c3)cs2)c(C(C)(C)C)c1. The van der Waals surface area contributed by atoms with Crippen molar-refractivity contribution in [1.29, 1.82) is 0 Å². The molecule has 3 rings (SSSR count). The van der Waals surface area contributed by atoms with E-state index in [1.165, 1.54) is 23.5 Å². The molecule has 0 saturated carbocycles. The summed E-state index contributed by atoms with van der Waals surface area (Å²) < 4.78 is 5.78. The summed E-state index contributed by atoms with van der Waals surface area (Å²) in [6, 6.07) is 12.1. The maximum absolute atomic E-state index is 12.3. The number of carbonyl (C=O) groups is 1. The maximum atomic E-state index is 12.3. The molecule has 0 aliphatic heterocycles. The summed E-state index contributed by atoms with van der Waals surface area (Å²) in [5.41, 5.74) is 3.23. The number of thiazole rings is 1. The number of anilines is 1. The van der Waals surface area contributed by atoms with E-state index in [9.17, 15) is 14.9 Å². The zero-order chi connectivity index (χ0) is 21.9. The monoisotopic (exact) mass is 425 g/mol. The number of benzene rings is 2. The Morgan fingerprint density at radius 2 is 2.00 bits per heavy atom. The van der Waals surface area contributed by atoms with Crippen molar-refractivity contribution >= 4 is 28.1 Å². The molecule has 0 fully saturated rings. The van der Waals surface area contributed by atoms with Crippen molar-refractivity contribution in [2.45, 2.75) is 33.1 Å². The van der Waals surface area contributed by atoms with Gasteiger partial charge in [-0.3, -0.25) is 20.2 Å². The van der Waals surface area contributed by atoms with E-state index in [0.29, 0.717) is 22.1 Å². The molecule has 1 heterocycles. The second-order valence-corrected chi connectivity index (χ2v) is 8.79. The number of amides is 1. The van der Waals surface area contributed by atoms with Crippen LogP contribution in [0.4, 0.5) is 10.8 Å². The summed E-state index contributed by atoms with van der Waals surface area (Å²) in [5, 5.41) is 15.8. The van der Waals surface area contributed by atoms with Crippen LogP contribution in [0.25, 0.3) is 11.3 Å². The minimum Gasteiger partial charge on any atom is -0.483 e. The third kappa shape index (κ3) is 5.21. The number of non-ortho nitro benzene ring substituents is 1. The largest absolute Gasteiger partial charge is 0.483 e. The van der Waals surface area contributed by atoms with Gasteiger partial charge in [0.15, 0.2) is 11.7 Å². The van der Waals surface area contributed by atoms with Crippen molar-refractivity contribution in [2.24, 2.45) is 0 Å². The smallest absolute Gasteiger partial charge is 0.270 e. The molecule has 0 atom stereocenters. The topological polar surface area (TPSA) is 94.4 Å². The Balaban J connectivity index is 1.66. The van der Waals surface area contributed by atoms with Gasteiger partial charge in [0.05, 0.1) is 10.6 Å². The number of aryl methyl sites for hydroxylation is 1. The van der Waals surface area contributed by atoms with Gasteiger partial charge < -0.3 is 4.74 Å². The number of nitrogens with zero attached hydrogens (tertiary/aromatic N) is 2. The number of nitrogens with one attached hydrogen (secondary N) is 1. The lowest BCUT2D eigenvalue weighted by Gasteiger charge is -2.23. The van der Waals surface area contributed by atoms with E-state index in [-0.39, 0.29) is 23.6 Å². The fraction of sp³-hybridized carbons (Fsp3) is 0.273. The zero-order valence-corrected chi connectivity index (χ0v) is 18.1. The lowest BCUT2D eigenvalue weighted by atomic mass is 9.85. The average Bonchev–Trinajstić information content (AvgIpc) is 3.15. The predicted molar refractivity (Wildman–Crippen MR) is 118 cm³/mol. The molecule has 156 valence electrons. The molecule has 8 heteroatoms. The highest BCUT2D eigenvalue weighted by Crippen LogP contribution is 2.32. The molecule has 0 unspecified atom stereocenters. The minimum atomic E-state index is -0.452. The van der Waals surface area contributed by atoms with E-state index in [1.54, 1.807) is 17.5 Å². The molecule has 1 N–H and O–H groups in total. The molecule has 0 saturated heterocycles. The Kier molecular flexibility index (Phi) is 6.17. The van der Waals surface area contributed by atoms with Crippen LogP contribution < -0.4 is 10.1 Å². The van der Waals surface area contributed by atoms with Gasteiger partial charge in [-0.15, -0.1) is 11.3 Å². The lowest BCUT2D eigenvalue weighted by Crippen LogP contribution is -2.22. The first-order chi connectivity index (χ1) is 14.1. The molecule has 30 heavy (non-hydrogen) atoms. The van der Waals surface area contributed by atoms with E-state index in [2.05, 4.69) is 37.1 Å². The number of ether oxygens (including phenoxy) is 1. The minimum absolute atomic E-state index is 0.00719. The summed E-state index contributed by atoms with van der Waals surface area (Å²) in [7, 11) is 0. The van der Waals surface area contributed by atoms with E-state index >= 15 is 0 Å². The Morgan fingerprint density at radius 3 is 2.70 bits per heavy atom. The summed E-state index contributed by atoms with van der Waals surface area (Å²) in [6.07, 6.45) is 0. The summed E-state index contributed by atoms with van der Waals surface area (Å²) in [5.74, 6) is 0.357. The first-order valence-electron chi connectivity index (χ1n) is 9.37. The van der Waals surface area contributed by atoms with Crippen LogP contribution in [0.1, 0.15) is 31.9 Å². The second-order valence-electron chi connectivity index (χ2n) is 7.93. The van der Waals surface area contributed by atoms with Crippen molar-refractivity contribution in [3.05, 3.63) is 69.1 Å². The Morgan fingerprint density at radius 1 is 1.23 bits per heavy atom. The molecule has 0 aliphatic rings. The van der Waals surface area contributed by atoms with Crippen LogP contribution in [-0.4, -0.2) is 22.4 Å². The van der Waals surface area contributed by atoms with E-state index in [4.69, 9.17) is 4.74 Å². The highest BCUT2D eigenvalue weighted by Gasteiger charge is 2.20. The number of nitro benzene ring substituents is 1. The molecular weight excluding hydrogens is 402 g/mol. The molecule has 0 aliphatic carbocycles. The average molecular weight is 426 g/mol. The lowest BCUT2D eigenvalue weighted by molar-refractivity contribution is -0.384. The number of rotatable bonds is 6. The van der Waals surface area contributed by atoms with Crippen molar-refractivity contribution in [3.63, 3.8) is 0 Å². The Hall–Kier alpha value is -3.26. The molecule has 1 amide bonds. The zero-order valence-electron chi connectivity index (χ0n) is 17.3. The second kappa shape index (κ2) is 8.62. The van der Waals surface area contributed by atoms with Gasteiger partial charge in [0, 0.05) is 23.1 Å². The summed E-state index contributed by atoms with van der Waals surface area (Å²) in [4.78, 5) is 27.2. The van der Waals surface area contributed by atoms with Gasteiger partial charge in [0.2, 0.25) is 0 Å². The van der Waals surface area contributed by atoms with Crippen LogP contribution in [0.15, 0.2) is 47.8 Å². The van der Waals surface area contributed by atoms with Gasteiger partial charge in [0.25, 0.3) is 11.6 Å². The van der Waals surface area contributed by atoms with Gasteiger partial charge in [-0.05, 0) is 24.0 Å². The van der Waals surface area contributed by atoms with Crippen LogP contribution in [0, 0.1) is 17.0 Å². The van der Waals surface area contributed by atoms with Crippen molar-refractivity contribution in [3.8, 4) is 17.0 Å². The summed E-state index contributed by atoms with van der Waals surface area (Å²) in [6.45, 7) is 8.17. The van der Waals surface area contributed by atoms with Crippen LogP contribution in [-0.2, 0) is 10.2 Å². The molecule has 2 aromatic carbocycles. The van der Waals surface area contributed by atoms with Crippen molar-refractivity contribution in [2.75, 3.05) is 11.9 Å². The van der Waals surface area contributed by atoms with Gasteiger partial charge in [-0.2, -0.15) is 0 Å². The third-order valence-electron chi connectivity index (χ3n) is 4.41. The molecule has 0 spiro atoms. The normalized spacial score (nSPS) is 11.2. The van der Waals surface area contributed by atoms with Crippen LogP contribution in [0.3, 0.4) is 0 Å². The predicted octanol–water partition coefficient (Wildman–Crippen LogP) is 5.34. The van der Waals surface area contributed by atoms with E-state index in [0.717, 1.165) is 11.1 Å². The van der Waals surface area contributed by atoms with Gasteiger partial charge in [-0.25, -0.2) is 4.98 Å². The van der Waals surface area contributed by atoms with Gasteiger partial charge in [0.1, 0.15) is 5.75 Å². The molecular formula is C22H23N3O4S. The fourth-order valence-corrected chi connectivity index (χ4v) is 3.63. The van der Waals surface area contributed by atoms with Crippen LogP contribution in [0.5, 0.6) is 5.75 Å². The van der Waals surface area contributed by atoms with E-state index in [1.807, 2.05) is 19.1 Å². The van der Waals surface area contributed by atoms with Crippen LogP contribution in [0.2, 0.25) is 0 Å². The Bertz CT molecular complexity index is 1090. The van der Waals surface area contributed by atoms with E-state index < -0.39 is 4.92 Å². The van der Waals surface area contributed by atoms with Crippen LogP contribution >= 0.6 is 11.3 Å². The number of hydrogen-bond acceptors (Lipinski definition) is 6. The third-order valence-corrected chi connectivity index (χ3v) is 5.16. The molecule has 7 nitrogen and oxygen atoms in total. The summed E-state index contributed by atoms with van der Waals surface area (Å²) >= 11 is 1.25.